The number of hydrogen-bond donors (Lipinski definition) is 2. The van der Waals surface area contributed by atoms with Gasteiger partial charge in [0.25, 0.3) is 0 Å². The summed E-state index contributed by atoms with van der Waals surface area (Å²) in [5.41, 5.74) is 0. The average Bonchev–Trinajstić information content (AvgIpc) is 2.16. The van der Waals surface area contributed by atoms with Crippen molar-refractivity contribution in [2.24, 2.45) is 5.92 Å². The third kappa shape index (κ3) is 5.64. The monoisotopic (exact) mass is 233 g/mol. The maximum Gasteiger partial charge on any atom is 0.0667 e. The fourth-order valence-electron chi connectivity index (χ4n) is 1.93. The van der Waals surface area contributed by atoms with Gasteiger partial charge in [0.1, 0.15) is 0 Å². The minimum atomic E-state index is -0.587. The molecule has 0 aromatic heterocycles. The molecule has 0 aromatic carbocycles. The van der Waals surface area contributed by atoms with Crippen LogP contribution >= 0.6 is 0 Å². The Morgan fingerprint density at radius 1 is 1.40 bits per heavy atom. The van der Waals surface area contributed by atoms with Crippen molar-refractivity contribution in [3.8, 4) is 0 Å². The van der Waals surface area contributed by atoms with Gasteiger partial charge in [-0.2, -0.15) is 0 Å². The van der Waals surface area contributed by atoms with Gasteiger partial charge in [-0.05, 0) is 25.2 Å². The zero-order valence-corrected chi connectivity index (χ0v) is 10.6. The Bertz CT molecular complexity index is 199. The van der Waals surface area contributed by atoms with Crippen LogP contribution < -0.4 is 5.32 Å². The lowest BCUT2D eigenvalue weighted by Gasteiger charge is -2.24. The molecule has 0 aliphatic carbocycles. The Kier molecular flexibility index (Phi) is 5.79. The van der Waals surface area contributed by atoms with Gasteiger partial charge in [0.15, 0.2) is 0 Å². The number of aliphatic hydroxyl groups is 1. The van der Waals surface area contributed by atoms with E-state index in [0.29, 0.717) is 18.5 Å². The normalized spacial score (nSPS) is 29.3. The van der Waals surface area contributed by atoms with Crippen LogP contribution in [0.5, 0.6) is 0 Å². The van der Waals surface area contributed by atoms with E-state index in [1.54, 1.807) is 0 Å². The number of rotatable bonds is 5. The first kappa shape index (κ1) is 13.1. The second kappa shape index (κ2) is 6.61. The van der Waals surface area contributed by atoms with Gasteiger partial charge in [0.05, 0.1) is 6.10 Å². The smallest absolute Gasteiger partial charge is 0.0667 e. The van der Waals surface area contributed by atoms with Crippen molar-refractivity contribution in [2.45, 2.75) is 45.3 Å². The van der Waals surface area contributed by atoms with Crippen molar-refractivity contribution >= 4 is 10.8 Å². The van der Waals surface area contributed by atoms with E-state index < -0.39 is 10.8 Å². The van der Waals surface area contributed by atoms with Crippen molar-refractivity contribution in [1.82, 2.24) is 5.32 Å². The van der Waals surface area contributed by atoms with Crippen LogP contribution in [0.4, 0.5) is 0 Å². The van der Waals surface area contributed by atoms with Crippen LogP contribution in [-0.4, -0.2) is 39.5 Å². The predicted octanol–water partition coefficient (Wildman–Crippen LogP) is 0.894. The summed E-state index contributed by atoms with van der Waals surface area (Å²) in [6.45, 7) is 4.91. The summed E-state index contributed by atoms with van der Waals surface area (Å²) in [6, 6.07) is 0.463. The number of aliphatic hydroxyl groups excluding tert-OH is 1. The summed E-state index contributed by atoms with van der Waals surface area (Å²) < 4.78 is 11.1. The third-order valence-electron chi connectivity index (χ3n) is 2.77. The first-order valence-corrected chi connectivity index (χ1v) is 7.33. The SMILES string of the molecule is CC(C)CC(O)CNC1CCS(=O)CC1. The van der Waals surface area contributed by atoms with Gasteiger partial charge < -0.3 is 10.4 Å². The fourth-order valence-corrected chi connectivity index (χ4v) is 3.23. The third-order valence-corrected chi connectivity index (χ3v) is 4.16. The van der Waals surface area contributed by atoms with Crippen LogP contribution in [0.3, 0.4) is 0 Å². The Labute approximate surface area is 95.1 Å². The van der Waals surface area contributed by atoms with E-state index in [1.165, 1.54) is 0 Å². The molecule has 1 aliphatic rings. The maximum atomic E-state index is 11.1. The molecular formula is C11H23NO2S. The number of nitrogens with one attached hydrogen (secondary N) is 1. The van der Waals surface area contributed by atoms with Crippen LogP contribution in [-0.2, 0) is 10.8 Å². The highest BCUT2D eigenvalue weighted by molar-refractivity contribution is 7.85. The maximum absolute atomic E-state index is 11.1. The first-order chi connectivity index (χ1) is 7.08. The van der Waals surface area contributed by atoms with Crippen molar-refractivity contribution in [3.05, 3.63) is 0 Å². The molecule has 0 radical (unpaired) electrons. The van der Waals surface area contributed by atoms with Crippen LogP contribution in [0.25, 0.3) is 0 Å². The molecule has 0 amide bonds. The lowest BCUT2D eigenvalue weighted by molar-refractivity contribution is 0.141. The lowest BCUT2D eigenvalue weighted by Crippen LogP contribution is -2.40. The highest BCUT2D eigenvalue weighted by Gasteiger charge is 2.18. The van der Waals surface area contributed by atoms with Gasteiger partial charge >= 0.3 is 0 Å². The van der Waals surface area contributed by atoms with Crippen molar-refractivity contribution < 1.29 is 9.32 Å². The molecule has 1 saturated heterocycles. The summed E-state index contributed by atoms with van der Waals surface area (Å²) >= 11 is 0. The summed E-state index contributed by atoms with van der Waals surface area (Å²) in [4.78, 5) is 0. The second-order valence-corrected chi connectivity index (χ2v) is 6.51. The molecular weight excluding hydrogens is 210 g/mol. The topological polar surface area (TPSA) is 49.3 Å². The molecule has 0 saturated carbocycles. The standard InChI is InChI=1S/C11H23NO2S/c1-9(2)7-11(13)8-12-10-3-5-15(14)6-4-10/h9-13H,3-8H2,1-2H3. The summed E-state index contributed by atoms with van der Waals surface area (Å²) in [7, 11) is -0.587. The Hall–Kier alpha value is 0.0700. The van der Waals surface area contributed by atoms with Crippen molar-refractivity contribution in [3.63, 3.8) is 0 Å². The molecule has 1 rings (SSSR count). The van der Waals surface area contributed by atoms with Crippen LogP contribution in [0.1, 0.15) is 33.1 Å². The van der Waals surface area contributed by atoms with E-state index in [0.717, 1.165) is 30.8 Å². The summed E-state index contributed by atoms with van der Waals surface area (Å²) in [6.07, 6.45) is 2.59. The minimum absolute atomic E-state index is 0.238. The van der Waals surface area contributed by atoms with E-state index in [1.807, 2.05) is 0 Å². The summed E-state index contributed by atoms with van der Waals surface area (Å²) in [5.74, 6) is 2.18. The predicted molar refractivity (Wildman–Crippen MR) is 64.4 cm³/mol. The Morgan fingerprint density at radius 2 is 2.00 bits per heavy atom. The first-order valence-electron chi connectivity index (χ1n) is 5.84. The molecule has 1 fully saturated rings. The van der Waals surface area contributed by atoms with Gasteiger partial charge in [0.2, 0.25) is 0 Å². The summed E-state index contributed by atoms with van der Waals surface area (Å²) in [5, 5.41) is 13.0. The van der Waals surface area contributed by atoms with E-state index in [4.69, 9.17) is 0 Å². The Balaban J connectivity index is 2.11. The van der Waals surface area contributed by atoms with E-state index in [-0.39, 0.29) is 6.10 Å². The van der Waals surface area contributed by atoms with E-state index in [9.17, 15) is 9.32 Å². The van der Waals surface area contributed by atoms with E-state index >= 15 is 0 Å². The molecule has 1 atom stereocenters. The molecule has 0 spiro atoms. The van der Waals surface area contributed by atoms with Gasteiger partial charge in [-0.15, -0.1) is 0 Å². The average molecular weight is 233 g/mol. The zero-order chi connectivity index (χ0) is 11.3. The largest absolute Gasteiger partial charge is 0.392 e. The number of hydrogen-bond acceptors (Lipinski definition) is 3. The van der Waals surface area contributed by atoms with Gasteiger partial charge in [-0.1, -0.05) is 13.8 Å². The highest BCUT2D eigenvalue weighted by Crippen LogP contribution is 2.10. The molecule has 1 aliphatic heterocycles. The second-order valence-electron chi connectivity index (χ2n) is 4.81. The molecule has 90 valence electrons. The lowest BCUT2D eigenvalue weighted by atomic mass is 10.1. The van der Waals surface area contributed by atoms with Crippen LogP contribution in [0.2, 0.25) is 0 Å². The van der Waals surface area contributed by atoms with Crippen molar-refractivity contribution in [1.29, 1.82) is 0 Å². The van der Waals surface area contributed by atoms with Gasteiger partial charge in [0, 0.05) is 34.9 Å². The Morgan fingerprint density at radius 3 is 2.53 bits per heavy atom. The zero-order valence-electron chi connectivity index (χ0n) is 9.74. The molecule has 0 aromatic rings. The van der Waals surface area contributed by atoms with Crippen LogP contribution in [0, 0.1) is 5.92 Å². The molecule has 1 unspecified atom stereocenters. The molecule has 4 heteroatoms. The minimum Gasteiger partial charge on any atom is -0.392 e. The molecule has 3 nitrogen and oxygen atoms in total. The van der Waals surface area contributed by atoms with Gasteiger partial charge in [-0.3, -0.25) is 4.21 Å². The van der Waals surface area contributed by atoms with Crippen LogP contribution in [0.15, 0.2) is 0 Å². The molecule has 1 heterocycles. The molecule has 0 bridgehead atoms. The molecule has 15 heavy (non-hydrogen) atoms. The van der Waals surface area contributed by atoms with Crippen molar-refractivity contribution in [2.75, 3.05) is 18.1 Å². The highest BCUT2D eigenvalue weighted by atomic mass is 32.2. The fraction of sp³-hybridized carbons (Fsp3) is 1.00. The van der Waals surface area contributed by atoms with E-state index in [2.05, 4.69) is 19.2 Å². The van der Waals surface area contributed by atoms with Gasteiger partial charge in [-0.25, -0.2) is 0 Å². The molecule has 2 N–H and O–H groups in total. The quantitative estimate of drug-likeness (QED) is 0.741.